The maximum Gasteiger partial charge on any atom is 0.434 e. The molecule has 0 atom stereocenters. The number of aliphatic hydroxyl groups excluding tert-OH is 1. The fraction of sp³-hybridized carbons (Fsp3) is 0.250. The van der Waals surface area contributed by atoms with E-state index in [-0.39, 0.29) is 17.4 Å². The number of amides is 1. The Kier molecular flexibility index (Phi) is 4.67. The van der Waals surface area contributed by atoms with Crippen LogP contribution >= 0.6 is 11.6 Å². The van der Waals surface area contributed by atoms with Gasteiger partial charge in [-0.1, -0.05) is 11.6 Å². The van der Waals surface area contributed by atoms with Crippen LogP contribution in [0.4, 0.5) is 13.2 Å². The highest BCUT2D eigenvalue weighted by molar-refractivity contribution is 6.32. The Morgan fingerprint density at radius 1 is 1.45 bits per heavy atom. The Morgan fingerprint density at radius 3 is 2.77 bits per heavy atom. The fourth-order valence-corrected chi connectivity index (χ4v) is 1.95. The van der Waals surface area contributed by atoms with Crippen LogP contribution < -0.4 is 5.32 Å². The van der Waals surface area contributed by atoms with Crippen molar-refractivity contribution in [3.05, 3.63) is 40.8 Å². The molecule has 0 fully saturated rings. The molecule has 0 saturated heterocycles. The molecule has 6 nitrogen and oxygen atoms in total. The Balaban J connectivity index is 2.55. The van der Waals surface area contributed by atoms with Crippen LogP contribution in [0.5, 0.6) is 0 Å². The van der Waals surface area contributed by atoms with Crippen LogP contribution in [-0.4, -0.2) is 38.9 Å². The standard InChI is InChI=1S/C12H10ClF3N4O2/c13-8-2-1-3-17-10(8)20-9(12(14,15)16)7(6-19-20)11(22)18-4-5-21/h1-3,6,21H,4-5H2,(H,18,22). The second kappa shape index (κ2) is 6.32. The summed E-state index contributed by atoms with van der Waals surface area (Å²) >= 11 is 5.83. The molecule has 0 saturated carbocycles. The third-order valence-corrected chi connectivity index (χ3v) is 2.91. The molecule has 0 bridgehead atoms. The summed E-state index contributed by atoms with van der Waals surface area (Å²) < 4.78 is 40.3. The second-order valence-electron chi connectivity index (χ2n) is 4.10. The minimum absolute atomic E-state index is 0.0431. The summed E-state index contributed by atoms with van der Waals surface area (Å²) in [6, 6.07) is 2.81. The van der Waals surface area contributed by atoms with E-state index < -0.39 is 29.9 Å². The average molecular weight is 335 g/mol. The van der Waals surface area contributed by atoms with Gasteiger partial charge in [0, 0.05) is 12.7 Å². The molecule has 2 aromatic heterocycles. The van der Waals surface area contributed by atoms with E-state index in [9.17, 15) is 18.0 Å². The van der Waals surface area contributed by atoms with Gasteiger partial charge in [0.2, 0.25) is 0 Å². The van der Waals surface area contributed by atoms with Crippen molar-refractivity contribution in [3.8, 4) is 5.82 Å². The third kappa shape index (κ3) is 3.20. The van der Waals surface area contributed by atoms with Crippen LogP contribution in [0.2, 0.25) is 5.02 Å². The molecule has 1 amide bonds. The monoisotopic (exact) mass is 334 g/mol. The van der Waals surface area contributed by atoms with Crippen molar-refractivity contribution in [2.24, 2.45) is 0 Å². The molecule has 2 rings (SSSR count). The number of rotatable bonds is 4. The summed E-state index contributed by atoms with van der Waals surface area (Å²) in [5.74, 6) is -1.24. The lowest BCUT2D eigenvalue weighted by Crippen LogP contribution is -2.29. The van der Waals surface area contributed by atoms with E-state index in [4.69, 9.17) is 16.7 Å². The molecule has 0 radical (unpaired) electrons. The number of carbonyl (C=O) groups is 1. The van der Waals surface area contributed by atoms with Gasteiger partial charge in [0.1, 0.15) is 0 Å². The number of aromatic nitrogens is 3. The van der Waals surface area contributed by atoms with E-state index in [0.29, 0.717) is 4.68 Å². The van der Waals surface area contributed by atoms with Gasteiger partial charge in [0.05, 0.1) is 23.4 Å². The Bertz CT molecular complexity index is 687. The SMILES string of the molecule is O=C(NCCO)c1cnn(-c2ncccc2Cl)c1C(F)(F)F. The number of pyridine rings is 1. The number of alkyl halides is 3. The van der Waals surface area contributed by atoms with Gasteiger partial charge in [-0.15, -0.1) is 0 Å². The molecular weight excluding hydrogens is 325 g/mol. The van der Waals surface area contributed by atoms with Crippen LogP contribution in [0.3, 0.4) is 0 Å². The molecule has 118 valence electrons. The van der Waals surface area contributed by atoms with Gasteiger partial charge in [0.15, 0.2) is 11.5 Å². The van der Waals surface area contributed by atoms with Crippen LogP contribution in [0.1, 0.15) is 16.1 Å². The van der Waals surface area contributed by atoms with Crippen LogP contribution in [0.15, 0.2) is 24.5 Å². The molecule has 2 heterocycles. The molecule has 0 aromatic carbocycles. The highest BCUT2D eigenvalue weighted by Crippen LogP contribution is 2.34. The molecule has 2 aromatic rings. The number of halogens is 4. The number of aliphatic hydroxyl groups is 1. The zero-order chi connectivity index (χ0) is 16.3. The zero-order valence-electron chi connectivity index (χ0n) is 10.9. The van der Waals surface area contributed by atoms with E-state index in [0.717, 1.165) is 6.20 Å². The number of hydrogen-bond acceptors (Lipinski definition) is 4. The first kappa shape index (κ1) is 16.2. The smallest absolute Gasteiger partial charge is 0.395 e. The number of carbonyl (C=O) groups excluding carboxylic acids is 1. The summed E-state index contributed by atoms with van der Waals surface area (Å²) in [6.07, 6.45) is -2.81. The minimum Gasteiger partial charge on any atom is -0.395 e. The van der Waals surface area contributed by atoms with E-state index >= 15 is 0 Å². The lowest BCUT2D eigenvalue weighted by atomic mass is 10.2. The predicted octanol–water partition coefficient (Wildman–Crippen LogP) is 1.66. The largest absolute Gasteiger partial charge is 0.434 e. The third-order valence-electron chi connectivity index (χ3n) is 2.62. The van der Waals surface area contributed by atoms with E-state index in [1.165, 1.54) is 18.3 Å². The first-order valence-corrected chi connectivity index (χ1v) is 6.39. The quantitative estimate of drug-likeness (QED) is 0.891. The van der Waals surface area contributed by atoms with Gasteiger partial charge >= 0.3 is 6.18 Å². The van der Waals surface area contributed by atoms with E-state index in [1.807, 2.05) is 0 Å². The number of nitrogens with one attached hydrogen (secondary N) is 1. The summed E-state index contributed by atoms with van der Waals surface area (Å²) in [5.41, 5.74) is -1.97. The van der Waals surface area contributed by atoms with Gasteiger partial charge < -0.3 is 10.4 Å². The van der Waals surface area contributed by atoms with Gasteiger partial charge in [-0.3, -0.25) is 4.79 Å². The molecule has 10 heteroatoms. The molecule has 2 N–H and O–H groups in total. The van der Waals surface area contributed by atoms with Crippen molar-refractivity contribution in [2.45, 2.75) is 6.18 Å². The number of hydrogen-bond donors (Lipinski definition) is 2. The minimum atomic E-state index is -4.84. The normalized spacial score (nSPS) is 11.5. The maximum absolute atomic E-state index is 13.3. The molecule has 0 aliphatic rings. The molecule has 22 heavy (non-hydrogen) atoms. The first-order valence-electron chi connectivity index (χ1n) is 6.01. The lowest BCUT2D eigenvalue weighted by Gasteiger charge is -2.12. The van der Waals surface area contributed by atoms with Crippen LogP contribution in [-0.2, 0) is 6.18 Å². The average Bonchev–Trinajstić information content (AvgIpc) is 2.90. The first-order chi connectivity index (χ1) is 10.4. The van der Waals surface area contributed by atoms with Gasteiger partial charge in [-0.05, 0) is 12.1 Å². The highest BCUT2D eigenvalue weighted by Gasteiger charge is 2.41. The predicted molar refractivity (Wildman–Crippen MR) is 70.8 cm³/mol. The van der Waals surface area contributed by atoms with E-state index in [2.05, 4.69) is 15.4 Å². The van der Waals surface area contributed by atoms with Crippen LogP contribution in [0, 0.1) is 0 Å². The number of nitrogens with zero attached hydrogens (tertiary/aromatic N) is 3. The van der Waals surface area contributed by atoms with Gasteiger partial charge in [-0.25, -0.2) is 9.67 Å². The molecule has 0 aliphatic carbocycles. The summed E-state index contributed by atoms with van der Waals surface area (Å²) in [5, 5.41) is 14.3. The topological polar surface area (TPSA) is 80.0 Å². The summed E-state index contributed by atoms with van der Waals surface area (Å²) in [6.45, 7) is -0.570. The van der Waals surface area contributed by atoms with Crippen molar-refractivity contribution in [3.63, 3.8) is 0 Å². The van der Waals surface area contributed by atoms with Crippen molar-refractivity contribution in [1.29, 1.82) is 0 Å². The van der Waals surface area contributed by atoms with Gasteiger partial charge in [-0.2, -0.15) is 18.3 Å². The zero-order valence-corrected chi connectivity index (χ0v) is 11.7. The lowest BCUT2D eigenvalue weighted by molar-refractivity contribution is -0.143. The second-order valence-corrected chi connectivity index (χ2v) is 4.51. The van der Waals surface area contributed by atoms with Crippen molar-refractivity contribution < 1.29 is 23.1 Å². The Morgan fingerprint density at radius 2 is 2.18 bits per heavy atom. The Labute approximate surface area is 127 Å². The fourth-order valence-electron chi connectivity index (χ4n) is 1.75. The van der Waals surface area contributed by atoms with E-state index in [1.54, 1.807) is 0 Å². The summed E-state index contributed by atoms with van der Waals surface area (Å²) in [7, 11) is 0. The van der Waals surface area contributed by atoms with Crippen molar-refractivity contribution >= 4 is 17.5 Å². The van der Waals surface area contributed by atoms with Gasteiger partial charge in [0.25, 0.3) is 5.91 Å². The molecule has 0 spiro atoms. The van der Waals surface area contributed by atoms with Crippen molar-refractivity contribution in [1.82, 2.24) is 20.1 Å². The summed E-state index contributed by atoms with van der Waals surface area (Å²) in [4.78, 5) is 15.5. The van der Waals surface area contributed by atoms with Crippen LogP contribution in [0.25, 0.3) is 5.82 Å². The molecule has 0 unspecified atom stereocenters. The highest BCUT2D eigenvalue weighted by atomic mass is 35.5. The van der Waals surface area contributed by atoms with Crippen molar-refractivity contribution in [2.75, 3.05) is 13.2 Å². The molecular formula is C12H10ClF3N4O2. The maximum atomic E-state index is 13.3. The molecule has 0 aliphatic heterocycles. The Hall–Kier alpha value is -2.13.